The van der Waals surface area contributed by atoms with E-state index in [0.717, 1.165) is 30.1 Å². The van der Waals surface area contributed by atoms with Crippen molar-refractivity contribution in [2.75, 3.05) is 0 Å². The molecule has 3 fully saturated rings. The van der Waals surface area contributed by atoms with E-state index in [1.54, 1.807) is 5.57 Å². The summed E-state index contributed by atoms with van der Waals surface area (Å²) in [5, 5.41) is 10.5. The third-order valence-electron chi connectivity index (χ3n) is 11.2. The average molecular weight is 413 g/mol. The minimum absolute atomic E-state index is 0.0761. The second-order valence-electron chi connectivity index (χ2n) is 12.6. The van der Waals surface area contributed by atoms with Crippen LogP contribution in [0.15, 0.2) is 22.8 Å². The van der Waals surface area contributed by atoms with Crippen LogP contribution in [-0.4, -0.2) is 11.2 Å². The Balaban J connectivity index is 1.54. The highest BCUT2D eigenvalue weighted by molar-refractivity contribution is 5.28. The third kappa shape index (κ3) is 3.46. The van der Waals surface area contributed by atoms with Crippen LogP contribution in [0, 0.1) is 46.3 Å². The summed E-state index contributed by atoms with van der Waals surface area (Å²) < 4.78 is 0. The highest BCUT2D eigenvalue weighted by Crippen LogP contribution is 2.67. The molecule has 0 aromatic carbocycles. The van der Waals surface area contributed by atoms with Crippen LogP contribution in [0.3, 0.4) is 0 Å². The van der Waals surface area contributed by atoms with Crippen LogP contribution in [0.1, 0.15) is 106 Å². The number of hydrogen-bond donors (Lipinski definition) is 1. The van der Waals surface area contributed by atoms with Gasteiger partial charge in [0.25, 0.3) is 0 Å². The molecule has 1 nitrogen and oxygen atoms in total. The van der Waals surface area contributed by atoms with E-state index in [1.807, 2.05) is 5.57 Å². The van der Waals surface area contributed by atoms with Crippen LogP contribution in [-0.2, 0) is 0 Å². The van der Waals surface area contributed by atoms with Gasteiger partial charge >= 0.3 is 0 Å². The Bertz CT molecular complexity index is 712. The lowest BCUT2D eigenvalue weighted by Crippen LogP contribution is -2.52. The number of hydrogen-bond acceptors (Lipinski definition) is 1. The Labute approximate surface area is 186 Å². The SMILES string of the molecule is CC(C)=C(C)CC[C@@H](C)[C@H]1CC[C@H]2C3=CCC4[C@H](C)[C@@H](O)CC[C@]4(C)[C@H]3CC[C@]12C. The molecule has 1 unspecified atom stereocenters. The predicted octanol–water partition coefficient (Wildman–Crippen LogP) is 7.94. The molecule has 4 aliphatic carbocycles. The number of aliphatic hydroxyl groups is 1. The van der Waals surface area contributed by atoms with Gasteiger partial charge in [0.05, 0.1) is 6.10 Å². The van der Waals surface area contributed by atoms with Crippen LogP contribution in [0.5, 0.6) is 0 Å². The molecule has 0 spiro atoms. The summed E-state index contributed by atoms with van der Waals surface area (Å²) in [6.45, 7) is 17.0. The molecule has 170 valence electrons. The molecule has 3 saturated carbocycles. The van der Waals surface area contributed by atoms with Gasteiger partial charge in [-0.15, -0.1) is 0 Å². The summed E-state index contributed by atoms with van der Waals surface area (Å²) in [7, 11) is 0. The Morgan fingerprint density at radius 3 is 2.40 bits per heavy atom. The van der Waals surface area contributed by atoms with Gasteiger partial charge < -0.3 is 5.11 Å². The Kier molecular flexibility index (Phi) is 6.10. The summed E-state index contributed by atoms with van der Waals surface area (Å²) in [5.74, 6) is 4.49. The topological polar surface area (TPSA) is 20.2 Å². The largest absolute Gasteiger partial charge is 0.393 e. The molecule has 0 bridgehead atoms. The Morgan fingerprint density at radius 2 is 1.70 bits per heavy atom. The second-order valence-corrected chi connectivity index (χ2v) is 12.6. The molecule has 4 aliphatic rings. The first-order chi connectivity index (χ1) is 14.1. The molecule has 0 amide bonds. The molecule has 4 rings (SSSR count). The fraction of sp³-hybridized carbons (Fsp3) is 0.862. The van der Waals surface area contributed by atoms with Crippen molar-refractivity contribution in [2.45, 2.75) is 112 Å². The molecule has 1 heteroatoms. The first kappa shape index (κ1) is 22.6. The van der Waals surface area contributed by atoms with Gasteiger partial charge in [0.1, 0.15) is 0 Å². The zero-order valence-electron chi connectivity index (χ0n) is 20.9. The molecule has 0 aliphatic heterocycles. The summed E-state index contributed by atoms with van der Waals surface area (Å²) in [4.78, 5) is 0. The van der Waals surface area contributed by atoms with Gasteiger partial charge in [-0.25, -0.2) is 0 Å². The first-order valence-corrected chi connectivity index (χ1v) is 13.1. The monoisotopic (exact) mass is 412 g/mol. The molecule has 9 atom stereocenters. The molecule has 0 aromatic rings. The maximum absolute atomic E-state index is 10.5. The molecular weight excluding hydrogens is 364 g/mol. The second kappa shape index (κ2) is 8.09. The molecule has 0 radical (unpaired) electrons. The standard InChI is InChI=1S/C29H48O/c1-18(2)19(3)8-9-20(4)23-12-13-25-22-10-11-24-21(5)27(30)15-17-29(24,7)26(22)14-16-28(23,25)6/h10,20-21,23-27,30H,8-9,11-17H2,1-7H3/t20-,21+,23-,24?,25+,26+,27+,28-,29+/m1/s1. The summed E-state index contributed by atoms with van der Waals surface area (Å²) in [6, 6.07) is 0. The van der Waals surface area contributed by atoms with Crippen molar-refractivity contribution < 1.29 is 5.11 Å². The number of rotatable bonds is 4. The van der Waals surface area contributed by atoms with Crippen LogP contribution >= 0.6 is 0 Å². The Morgan fingerprint density at radius 1 is 1.03 bits per heavy atom. The summed E-state index contributed by atoms with van der Waals surface area (Å²) >= 11 is 0. The van der Waals surface area contributed by atoms with Crippen molar-refractivity contribution in [2.24, 2.45) is 46.3 Å². The van der Waals surface area contributed by atoms with E-state index in [1.165, 1.54) is 56.9 Å². The van der Waals surface area contributed by atoms with Crippen molar-refractivity contribution >= 4 is 0 Å². The van der Waals surface area contributed by atoms with Crippen molar-refractivity contribution in [3.63, 3.8) is 0 Å². The van der Waals surface area contributed by atoms with Crippen molar-refractivity contribution in [1.82, 2.24) is 0 Å². The summed E-state index contributed by atoms with van der Waals surface area (Å²) in [5.41, 5.74) is 5.92. The fourth-order valence-corrected chi connectivity index (χ4v) is 8.82. The molecule has 0 aromatic heterocycles. The van der Waals surface area contributed by atoms with E-state index in [4.69, 9.17) is 0 Å². The number of aliphatic hydroxyl groups excluding tert-OH is 1. The van der Waals surface area contributed by atoms with Gasteiger partial charge in [-0.05, 0) is 125 Å². The van der Waals surface area contributed by atoms with Gasteiger partial charge in [-0.2, -0.15) is 0 Å². The van der Waals surface area contributed by atoms with Gasteiger partial charge in [-0.3, -0.25) is 0 Å². The van der Waals surface area contributed by atoms with Crippen molar-refractivity contribution in [3.05, 3.63) is 22.8 Å². The van der Waals surface area contributed by atoms with Crippen LogP contribution in [0.25, 0.3) is 0 Å². The lowest BCUT2D eigenvalue weighted by atomic mass is 9.46. The molecular formula is C29H48O. The lowest BCUT2D eigenvalue weighted by molar-refractivity contribution is -0.0773. The molecule has 0 heterocycles. The van der Waals surface area contributed by atoms with Gasteiger partial charge in [0.2, 0.25) is 0 Å². The minimum atomic E-state index is -0.0761. The number of allylic oxidation sites excluding steroid dienone is 4. The van der Waals surface area contributed by atoms with Crippen LogP contribution < -0.4 is 0 Å². The predicted molar refractivity (Wildman–Crippen MR) is 128 cm³/mol. The molecule has 30 heavy (non-hydrogen) atoms. The van der Waals surface area contributed by atoms with E-state index in [2.05, 4.69) is 54.5 Å². The molecule has 0 saturated heterocycles. The highest BCUT2D eigenvalue weighted by atomic mass is 16.3. The normalized spacial score (nSPS) is 46.3. The third-order valence-corrected chi connectivity index (χ3v) is 11.2. The van der Waals surface area contributed by atoms with Crippen LogP contribution in [0.4, 0.5) is 0 Å². The fourth-order valence-electron chi connectivity index (χ4n) is 8.82. The zero-order chi connectivity index (χ0) is 21.8. The van der Waals surface area contributed by atoms with E-state index in [9.17, 15) is 5.11 Å². The van der Waals surface area contributed by atoms with Gasteiger partial charge in [0.15, 0.2) is 0 Å². The maximum atomic E-state index is 10.5. The minimum Gasteiger partial charge on any atom is -0.393 e. The zero-order valence-corrected chi connectivity index (χ0v) is 20.9. The van der Waals surface area contributed by atoms with E-state index >= 15 is 0 Å². The summed E-state index contributed by atoms with van der Waals surface area (Å²) in [6.07, 6.45) is 14.4. The Hall–Kier alpha value is -0.560. The van der Waals surface area contributed by atoms with E-state index < -0.39 is 0 Å². The van der Waals surface area contributed by atoms with E-state index in [0.29, 0.717) is 22.7 Å². The van der Waals surface area contributed by atoms with Gasteiger partial charge in [0, 0.05) is 0 Å². The number of fused-ring (bicyclic) bond motifs is 5. The first-order valence-electron chi connectivity index (χ1n) is 13.1. The van der Waals surface area contributed by atoms with Gasteiger partial charge in [-0.1, -0.05) is 50.5 Å². The van der Waals surface area contributed by atoms with Crippen molar-refractivity contribution in [1.29, 1.82) is 0 Å². The average Bonchev–Trinajstić information content (AvgIpc) is 3.06. The quantitative estimate of drug-likeness (QED) is 0.464. The highest BCUT2D eigenvalue weighted by Gasteiger charge is 2.59. The van der Waals surface area contributed by atoms with E-state index in [-0.39, 0.29) is 6.10 Å². The lowest BCUT2D eigenvalue weighted by Gasteiger charge is -2.59. The van der Waals surface area contributed by atoms with Crippen LogP contribution in [0.2, 0.25) is 0 Å². The maximum Gasteiger partial charge on any atom is 0.0568 e. The van der Waals surface area contributed by atoms with Crippen molar-refractivity contribution in [3.8, 4) is 0 Å². The molecule has 1 N–H and O–H groups in total. The smallest absolute Gasteiger partial charge is 0.0568 e.